The van der Waals surface area contributed by atoms with Gasteiger partial charge in [0.25, 0.3) is 0 Å². The Balaban J connectivity index is 1.50. The zero-order valence-corrected chi connectivity index (χ0v) is 19.0. The number of aromatic nitrogens is 1. The highest BCUT2D eigenvalue weighted by molar-refractivity contribution is 5.75. The van der Waals surface area contributed by atoms with E-state index in [1.807, 2.05) is 43.3 Å². The van der Waals surface area contributed by atoms with Crippen LogP contribution in [0.25, 0.3) is 11.1 Å². The zero-order chi connectivity index (χ0) is 23.8. The van der Waals surface area contributed by atoms with Gasteiger partial charge in [-0.3, -0.25) is 4.90 Å². The number of rotatable bonds is 6. The molecule has 1 aromatic heterocycles. The summed E-state index contributed by atoms with van der Waals surface area (Å²) in [6.45, 7) is 3.93. The summed E-state index contributed by atoms with van der Waals surface area (Å²) in [5, 5.41) is 0. The first kappa shape index (κ1) is 22.1. The molecule has 176 valence electrons. The van der Waals surface area contributed by atoms with Crippen molar-refractivity contribution in [3.63, 3.8) is 0 Å². The van der Waals surface area contributed by atoms with Crippen molar-refractivity contribution >= 4 is 11.9 Å². The van der Waals surface area contributed by atoms with Gasteiger partial charge in [-0.2, -0.15) is 0 Å². The first-order chi connectivity index (χ1) is 16.5. The highest BCUT2D eigenvalue weighted by Crippen LogP contribution is 2.37. The van der Waals surface area contributed by atoms with Crippen molar-refractivity contribution in [1.82, 2.24) is 9.88 Å². The number of anilines is 1. The summed E-state index contributed by atoms with van der Waals surface area (Å²) in [4.78, 5) is 21.5. The number of carbonyl (C=O) groups excluding carboxylic acids is 1. The van der Waals surface area contributed by atoms with Crippen molar-refractivity contribution in [3.8, 4) is 16.9 Å². The van der Waals surface area contributed by atoms with Crippen LogP contribution in [0.1, 0.15) is 30.7 Å². The van der Waals surface area contributed by atoms with Crippen LogP contribution >= 0.6 is 0 Å². The first-order valence-corrected chi connectivity index (χ1v) is 11.3. The predicted molar refractivity (Wildman–Crippen MR) is 124 cm³/mol. The number of halogens is 2. The largest absolute Gasteiger partial charge is 0.496 e. The molecule has 2 atom stereocenters. The molecule has 0 aliphatic carbocycles. The molecule has 3 heterocycles. The Morgan fingerprint density at radius 2 is 1.85 bits per heavy atom. The summed E-state index contributed by atoms with van der Waals surface area (Å²) in [6.07, 6.45) is -0.114. The molecular formula is C26H25F2N3O3. The van der Waals surface area contributed by atoms with Crippen LogP contribution in [0.5, 0.6) is 5.75 Å². The van der Waals surface area contributed by atoms with Crippen molar-refractivity contribution in [2.24, 2.45) is 0 Å². The normalized spacial score (nSPS) is 19.7. The Labute approximate surface area is 196 Å². The van der Waals surface area contributed by atoms with Crippen LogP contribution in [0.3, 0.4) is 0 Å². The lowest BCUT2D eigenvalue weighted by molar-refractivity contribution is 0.130. The van der Waals surface area contributed by atoms with E-state index in [2.05, 4.69) is 4.90 Å². The lowest BCUT2D eigenvalue weighted by Crippen LogP contribution is -2.38. The number of benzene rings is 2. The number of carbonyl (C=O) groups is 1. The van der Waals surface area contributed by atoms with E-state index < -0.39 is 29.9 Å². The molecule has 3 aromatic rings. The topological polar surface area (TPSA) is 54.9 Å². The van der Waals surface area contributed by atoms with Crippen molar-refractivity contribution in [2.75, 3.05) is 25.1 Å². The number of para-hydroxylation sites is 1. The summed E-state index contributed by atoms with van der Waals surface area (Å²) in [5.74, 6) is -0.344. The first-order valence-electron chi connectivity index (χ1n) is 11.3. The maximum Gasteiger partial charge on any atom is 0.411 e. The van der Waals surface area contributed by atoms with E-state index in [-0.39, 0.29) is 6.54 Å². The minimum atomic E-state index is -0.971. The van der Waals surface area contributed by atoms with Gasteiger partial charge in [-0.15, -0.1) is 0 Å². The summed E-state index contributed by atoms with van der Waals surface area (Å²) >= 11 is 0. The maximum absolute atomic E-state index is 13.8. The third-order valence-electron chi connectivity index (χ3n) is 6.52. The van der Waals surface area contributed by atoms with E-state index in [1.165, 1.54) is 6.07 Å². The Hall–Kier alpha value is -3.68. The Kier molecular flexibility index (Phi) is 5.81. The molecular weight excluding hydrogens is 440 g/mol. The number of hydrogen-bond donors (Lipinski definition) is 0. The summed E-state index contributed by atoms with van der Waals surface area (Å²) in [6, 6.07) is 14.8. The number of methoxy groups -OCH3 is 1. The van der Waals surface area contributed by atoms with Crippen molar-refractivity contribution in [3.05, 3.63) is 77.5 Å². The van der Waals surface area contributed by atoms with Crippen LogP contribution < -0.4 is 9.64 Å². The molecule has 8 heteroatoms. The quantitative estimate of drug-likeness (QED) is 0.493. The average molecular weight is 466 g/mol. The molecule has 2 aromatic carbocycles. The van der Waals surface area contributed by atoms with Crippen LogP contribution in [0.4, 0.5) is 19.4 Å². The molecule has 6 nitrogen and oxygen atoms in total. The van der Waals surface area contributed by atoms with E-state index in [1.54, 1.807) is 12.0 Å². The molecule has 2 aliphatic rings. The smallest absolute Gasteiger partial charge is 0.411 e. The van der Waals surface area contributed by atoms with Crippen molar-refractivity contribution in [1.29, 1.82) is 0 Å². The van der Waals surface area contributed by atoms with Crippen molar-refractivity contribution in [2.45, 2.75) is 32.0 Å². The third-order valence-corrected chi connectivity index (χ3v) is 6.52. The van der Waals surface area contributed by atoms with Gasteiger partial charge < -0.3 is 14.4 Å². The molecule has 0 spiro atoms. The zero-order valence-electron chi connectivity index (χ0n) is 19.0. The molecule has 2 aliphatic heterocycles. The molecule has 0 bridgehead atoms. The van der Waals surface area contributed by atoms with E-state index in [4.69, 9.17) is 14.5 Å². The monoisotopic (exact) mass is 465 g/mol. The number of cyclic esters (lactones) is 1. The number of nitrogens with zero attached hydrogens (tertiary/aromatic N) is 3. The number of ether oxygens (including phenoxy) is 2. The summed E-state index contributed by atoms with van der Waals surface area (Å²) in [7, 11) is 1.62. The Morgan fingerprint density at radius 1 is 1.06 bits per heavy atom. The Morgan fingerprint density at radius 3 is 2.56 bits per heavy atom. The lowest BCUT2D eigenvalue weighted by atomic mass is 10.0. The van der Waals surface area contributed by atoms with Crippen molar-refractivity contribution < 1.29 is 23.0 Å². The number of hydrogen-bond acceptors (Lipinski definition) is 5. The van der Waals surface area contributed by atoms with Gasteiger partial charge in [0, 0.05) is 24.2 Å². The minimum absolute atomic E-state index is 0.204. The van der Waals surface area contributed by atoms with Crippen LogP contribution in [-0.4, -0.2) is 42.2 Å². The van der Waals surface area contributed by atoms with Gasteiger partial charge in [0.2, 0.25) is 0 Å². The second-order valence-electron chi connectivity index (χ2n) is 8.55. The standard InChI is InChI=1S/C26H25F2N3O3/c1-16-25(17-8-10-20(27)21(28)14-17)34-26(32)31(16)15-22-18(19-6-3-4-7-23(19)33-2)9-11-24(29-22)30-12-5-13-30/h3-4,6-11,14,16,25H,5,12-13,15H2,1-2H3/t16-,25-/m0/s1. The highest BCUT2D eigenvalue weighted by atomic mass is 19.2. The molecule has 0 saturated carbocycles. The Bertz CT molecular complexity index is 1230. The molecule has 5 rings (SSSR count). The van der Waals surface area contributed by atoms with Gasteiger partial charge in [-0.05, 0) is 49.2 Å². The molecule has 34 heavy (non-hydrogen) atoms. The van der Waals surface area contributed by atoms with Gasteiger partial charge in [-0.1, -0.05) is 24.3 Å². The second kappa shape index (κ2) is 8.93. The molecule has 2 fully saturated rings. The van der Waals surface area contributed by atoms with Gasteiger partial charge in [0.05, 0.1) is 25.4 Å². The van der Waals surface area contributed by atoms with Gasteiger partial charge >= 0.3 is 6.09 Å². The SMILES string of the molecule is COc1ccccc1-c1ccc(N2CCC2)nc1CN1C(=O)O[C@H](c2ccc(F)c(F)c2)[C@@H]1C. The van der Waals surface area contributed by atoms with Crippen LogP contribution in [0.2, 0.25) is 0 Å². The minimum Gasteiger partial charge on any atom is -0.496 e. The fourth-order valence-corrected chi connectivity index (χ4v) is 4.45. The fourth-order valence-electron chi connectivity index (χ4n) is 4.45. The molecule has 0 N–H and O–H groups in total. The van der Waals surface area contributed by atoms with Gasteiger partial charge in [0.1, 0.15) is 17.7 Å². The number of pyridine rings is 1. The summed E-state index contributed by atoms with van der Waals surface area (Å²) in [5.41, 5.74) is 2.86. The maximum atomic E-state index is 13.8. The van der Waals surface area contributed by atoms with Gasteiger partial charge in [0.15, 0.2) is 11.6 Å². The van der Waals surface area contributed by atoms with E-state index in [9.17, 15) is 13.6 Å². The second-order valence-corrected chi connectivity index (χ2v) is 8.55. The molecule has 1 amide bonds. The van der Waals surface area contributed by atoms with Crippen LogP contribution in [0, 0.1) is 11.6 Å². The third kappa shape index (κ3) is 3.93. The van der Waals surface area contributed by atoms with Gasteiger partial charge in [-0.25, -0.2) is 18.6 Å². The predicted octanol–water partition coefficient (Wildman–Crippen LogP) is 5.33. The van der Waals surface area contributed by atoms with Crippen LogP contribution in [0.15, 0.2) is 54.6 Å². The molecule has 0 unspecified atom stereocenters. The molecule has 0 radical (unpaired) electrons. The lowest BCUT2D eigenvalue weighted by Gasteiger charge is -2.33. The highest BCUT2D eigenvalue weighted by Gasteiger charge is 2.40. The van der Waals surface area contributed by atoms with E-state index in [0.717, 1.165) is 48.6 Å². The van der Waals surface area contributed by atoms with E-state index in [0.29, 0.717) is 17.0 Å². The van der Waals surface area contributed by atoms with Crippen LogP contribution in [-0.2, 0) is 11.3 Å². The fraction of sp³-hybridized carbons (Fsp3) is 0.308. The number of amides is 1. The average Bonchev–Trinajstić information content (AvgIpc) is 3.08. The molecule has 2 saturated heterocycles. The van der Waals surface area contributed by atoms with E-state index >= 15 is 0 Å². The summed E-state index contributed by atoms with van der Waals surface area (Å²) < 4.78 is 38.4.